The van der Waals surface area contributed by atoms with Gasteiger partial charge in [-0.2, -0.15) is 0 Å². The third-order valence-electron chi connectivity index (χ3n) is 3.56. The topological polar surface area (TPSA) is 39.4 Å². The molecule has 0 spiro atoms. The van der Waals surface area contributed by atoms with Crippen LogP contribution in [-0.4, -0.2) is 18.3 Å². The number of hydrogen-bond acceptors (Lipinski definition) is 4. The van der Waals surface area contributed by atoms with E-state index in [9.17, 15) is 4.79 Å². The van der Waals surface area contributed by atoms with Gasteiger partial charge in [0.25, 0.3) is 0 Å². The largest absolute Gasteiger partial charge is 0.456 e. The Hall–Kier alpha value is -1.68. The van der Waals surface area contributed by atoms with E-state index in [2.05, 4.69) is 18.2 Å². The van der Waals surface area contributed by atoms with Crippen molar-refractivity contribution >= 4 is 17.7 Å². The SMILES string of the molecule is CSc1ccc(C(=O)OC2CCc3ccccc3C2)o1. The predicted octanol–water partition coefficient (Wildman–Crippen LogP) is 3.72. The first-order chi connectivity index (χ1) is 9.76. The van der Waals surface area contributed by atoms with E-state index in [0.717, 1.165) is 24.4 Å². The van der Waals surface area contributed by atoms with Crippen LogP contribution in [0, 0.1) is 0 Å². The molecule has 0 saturated carbocycles. The fourth-order valence-corrected chi connectivity index (χ4v) is 2.89. The summed E-state index contributed by atoms with van der Waals surface area (Å²) in [6.45, 7) is 0. The van der Waals surface area contributed by atoms with Crippen molar-refractivity contribution < 1.29 is 13.9 Å². The molecular formula is C16H16O3S. The van der Waals surface area contributed by atoms with Crippen LogP contribution in [-0.2, 0) is 17.6 Å². The molecule has 0 aliphatic heterocycles. The Bertz CT molecular complexity index is 618. The van der Waals surface area contributed by atoms with Gasteiger partial charge in [0.15, 0.2) is 5.09 Å². The van der Waals surface area contributed by atoms with Crippen molar-refractivity contribution in [1.29, 1.82) is 0 Å². The summed E-state index contributed by atoms with van der Waals surface area (Å²) in [5, 5.41) is 0.728. The molecule has 1 aliphatic carbocycles. The normalized spacial score (nSPS) is 17.6. The van der Waals surface area contributed by atoms with Crippen molar-refractivity contribution in [3.05, 3.63) is 53.3 Å². The second-order valence-electron chi connectivity index (χ2n) is 4.86. The maximum atomic E-state index is 12.0. The third-order valence-corrected chi connectivity index (χ3v) is 4.18. The minimum absolute atomic E-state index is 0.0553. The number of ether oxygens (including phenoxy) is 1. The Labute approximate surface area is 122 Å². The van der Waals surface area contributed by atoms with Gasteiger partial charge in [-0.25, -0.2) is 4.79 Å². The minimum atomic E-state index is -0.366. The van der Waals surface area contributed by atoms with Gasteiger partial charge in [0, 0.05) is 6.42 Å². The van der Waals surface area contributed by atoms with Gasteiger partial charge in [0.05, 0.1) is 0 Å². The first-order valence-corrected chi connectivity index (χ1v) is 7.90. The maximum absolute atomic E-state index is 12.0. The van der Waals surface area contributed by atoms with Crippen molar-refractivity contribution in [3.63, 3.8) is 0 Å². The highest BCUT2D eigenvalue weighted by molar-refractivity contribution is 7.98. The van der Waals surface area contributed by atoms with E-state index < -0.39 is 0 Å². The summed E-state index contributed by atoms with van der Waals surface area (Å²) in [4.78, 5) is 12.0. The molecule has 1 heterocycles. The number of hydrogen-bond donors (Lipinski definition) is 0. The van der Waals surface area contributed by atoms with Crippen LogP contribution in [0.1, 0.15) is 28.1 Å². The Morgan fingerprint density at radius 3 is 2.80 bits per heavy atom. The average molecular weight is 288 g/mol. The number of carbonyl (C=O) groups excluding carboxylic acids is 1. The van der Waals surface area contributed by atoms with Crippen LogP contribution in [0.4, 0.5) is 0 Å². The van der Waals surface area contributed by atoms with Crippen molar-refractivity contribution in [1.82, 2.24) is 0 Å². The highest BCUT2D eigenvalue weighted by Crippen LogP contribution is 2.24. The predicted molar refractivity (Wildman–Crippen MR) is 78.2 cm³/mol. The number of carbonyl (C=O) groups is 1. The molecule has 0 N–H and O–H groups in total. The molecule has 1 aliphatic rings. The molecule has 1 unspecified atom stereocenters. The van der Waals surface area contributed by atoms with Crippen molar-refractivity contribution in [3.8, 4) is 0 Å². The smallest absolute Gasteiger partial charge is 0.374 e. The van der Waals surface area contributed by atoms with Crippen LogP contribution in [0.15, 0.2) is 45.9 Å². The number of benzene rings is 1. The molecule has 104 valence electrons. The lowest BCUT2D eigenvalue weighted by molar-refractivity contribution is 0.0230. The van der Waals surface area contributed by atoms with E-state index in [-0.39, 0.29) is 17.8 Å². The number of fused-ring (bicyclic) bond motifs is 1. The number of rotatable bonds is 3. The summed E-state index contributed by atoms with van der Waals surface area (Å²) < 4.78 is 10.9. The highest BCUT2D eigenvalue weighted by Gasteiger charge is 2.23. The molecule has 0 radical (unpaired) electrons. The number of esters is 1. The van der Waals surface area contributed by atoms with Crippen LogP contribution in [0.5, 0.6) is 0 Å². The number of furan rings is 1. The molecule has 0 amide bonds. The molecule has 2 aromatic rings. The summed E-state index contributed by atoms with van der Waals surface area (Å²) in [6.07, 6.45) is 4.48. The monoisotopic (exact) mass is 288 g/mol. The molecule has 20 heavy (non-hydrogen) atoms. The van der Waals surface area contributed by atoms with Crippen LogP contribution in [0.3, 0.4) is 0 Å². The lowest BCUT2D eigenvalue weighted by Crippen LogP contribution is -2.25. The van der Waals surface area contributed by atoms with Crippen LogP contribution in [0.25, 0.3) is 0 Å². The third kappa shape index (κ3) is 2.75. The first kappa shape index (κ1) is 13.3. The number of thioether (sulfide) groups is 1. The van der Waals surface area contributed by atoms with E-state index in [1.165, 1.54) is 22.9 Å². The summed E-state index contributed by atoms with van der Waals surface area (Å²) in [6, 6.07) is 11.8. The van der Waals surface area contributed by atoms with Crippen LogP contribution >= 0.6 is 11.8 Å². The van der Waals surface area contributed by atoms with E-state index in [1.54, 1.807) is 12.1 Å². The Kier molecular flexibility index (Phi) is 3.83. The molecule has 0 fully saturated rings. The second-order valence-corrected chi connectivity index (χ2v) is 5.67. The van der Waals surface area contributed by atoms with Gasteiger partial charge in [0.1, 0.15) is 6.10 Å². The van der Waals surface area contributed by atoms with Gasteiger partial charge in [-0.15, -0.1) is 0 Å². The molecular weight excluding hydrogens is 272 g/mol. The van der Waals surface area contributed by atoms with Gasteiger partial charge in [-0.3, -0.25) is 0 Å². The standard InChI is InChI=1S/C16H16O3S/c1-20-15-9-8-14(19-15)16(17)18-13-7-6-11-4-2-3-5-12(11)10-13/h2-5,8-9,13H,6-7,10H2,1H3. The lowest BCUT2D eigenvalue weighted by atomic mass is 9.90. The van der Waals surface area contributed by atoms with Gasteiger partial charge in [-0.1, -0.05) is 36.0 Å². The molecule has 0 bridgehead atoms. The Morgan fingerprint density at radius 1 is 1.25 bits per heavy atom. The van der Waals surface area contributed by atoms with Crippen LogP contribution in [0.2, 0.25) is 0 Å². The second kappa shape index (κ2) is 5.75. The molecule has 0 saturated heterocycles. The van der Waals surface area contributed by atoms with Gasteiger partial charge in [-0.05, 0) is 42.4 Å². The van der Waals surface area contributed by atoms with E-state index >= 15 is 0 Å². The molecule has 1 atom stereocenters. The summed E-state index contributed by atoms with van der Waals surface area (Å²) >= 11 is 1.47. The quantitative estimate of drug-likeness (QED) is 0.637. The fourth-order valence-electron chi connectivity index (χ4n) is 2.51. The van der Waals surface area contributed by atoms with Gasteiger partial charge >= 0.3 is 5.97 Å². The Balaban J connectivity index is 1.66. The fraction of sp³-hybridized carbons (Fsp3) is 0.312. The van der Waals surface area contributed by atoms with E-state index in [4.69, 9.17) is 9.15 Å². The molecule has 4 heteroatoms. The summed E-state index contributed by atoms with van der Waals surface area (Å²) in [5.41, 5.74) is 2.64. The van der Waals surface area contributed by atoms with Crippen molar-refractivity contribution in [2.24, 2.45) is 0 Å². The lowest BCUT2D eigenvalue weighted by Gasteiger charge is -2.24. The molecule has 3 nitrogen and oxygen atoms in total. The average Bonchev–Trinajstić information content (AvgIpc) is 2.96. The van der Waals surface area contributed by atoms with Crippen LogP contribution < -0.4 is 0 Å². The zero-order chi connectivity index (χ0) is 13.9. The zero-order valence-corrected chi connectivity index (χ0v) is 12.1. The molecule has 1 aromatic carbocycles. The maximum Gasteiger partial charge on any atom is 0.374 e. The highest BCUT2D eigenvalue weighted by atomic mass is 32.2. The van der Waals surface area contributed by atoms with E-state index in [0.29, 0.717) is 0 Å². The summed E-state index contributed by atoms with van der Waals surface area (Å²) in [7, 11) is 0. The number of aryl methyl sites for hydroxylation is 1. The van der Waals surface area contributed by atoms with Crippen molar-refractivity contribution in [2.45, 2.75) is 30.5 Å². The minimum Gasteiger partial charge on any atom is -0.456 e. The summed E-state index contributed by atoms with van der Waals surface area (Å²) in [5.74, 6) is -0.0807. The Morgan fingerprint density at radius 2 is 2.05 bits per heavy atom. The van der Waals surface area contributed by atoms with Gasteiger partial charge < -0.3 is 9.15 Å². The van der Waals surface area contributed by atoms with E-state index in [1.807, 2.05) is 12.3 Å². The van der Waals surface area contributed by atoms with Gasteiger partial charge in [0.2, 0.25) is 5.76 Å². The molecule has 1 aromatic heterocycles. The first-order valence-electron chi connectivity index (χ1n) is 6.68. The van der Waals surface area contributed by atoms with Crippen molar-refractivity contribution in [2.75, 3.05) is 6.26 Å². The zero-order valence-electron chi connectivity index (χ0n) is 11.3. The molecule has 3 rings (SSSR count).